The predicted octanol–water partition coefficient (Wildman–Crippen LogP) is 3.45. The van der Waals surface area contributed by atoms with E-state index in [1.54, 1.807) is 18.2 Å². The molecule has 112 valence electrons. The minimum atomic E-state index is -1.06. The van der Waals surface area contributed by atoms with Crippen LogP contribution in [0.1, 0.15) is 16.1 Å². The minimum Gasteiger partial charge on any atom is -0.494 e. The average molecular weight is 297 g/mol. The van der Waals surface area contributed by atoms with E-state index in [0.717, 1.165) is 5.56 Å². The molecule has 5 heteroatoms. The summed E-state index contributed by atoms with van der Waals surface area (Å²) < 4.78 is 11.0. The molecule has 0 saturated carbocycles. The van der Waals surface area contributed by atoms with Crippen LogP contribution < -0.4 is 9.47 Å². The van der Waals surface area contributed by atoms with E-state index in [0.29, 0.717) is 29.0 Å². The number of hydrogen-bond acceptors (Lipinski definition) is 3. The Morgan fingerprint density at radius 3 is 2.64 bits per heavy atom. The summed E-state index contributed by atoms with van der Waals surface area (Å²) in [7, 11) is 1.45. The van der Waals surface area contributed by atoms with Crippen LogP contribution in [0.4, 0.5) is 0 Å². The monoisotopic (exact) mass is 297 g/mol. The number of ether oxygens (including phenoxy) is 2. The van der Waals surface area contributed by atoms with Crippen molar-refractivity contribution in [2.24, 2.45) is 0 Å². The molecule has 0 atom stereocenters. The van der Waals surface area contributed by atoms with Crippen molar-refractivity contribution >= 4 is 16.9 Å². The van der Waals surface area contributed by atoms with Gasteiger partial charge < -0.3 is 19.6 Å². The fraction of sp³-hybridized carbons (Fsp3) is 0.118. The third kappa shape index (κ3) is 2.61. The van der Waals surface area contributed by atoms with E-state index in [4.69, 9.17) is 9.47 Å². The zero-order chi connectivity index (χ0) is 15.5. The first-order chi connectivity index (χ1) is 10.7. The zero-order valence-corrected chi connectivity index (χ0v) is 12.0. The average Bonchev–Trinajstić information content (AvgIpc) is 2.92. The molecule has 1 heterocycles. The molecule has 0 aliphatic rings. The molecule has 0 bridgehead atoms. The van der Waals surface area contributed by atoms with Crippen LogP contribution in [0, 0.1) is 0 Å². The highest BCUT2D eigenvalue weighted by Gasteiger charge is 2.18. The van der Waals surface area contributed by atoms with E-state index < -0.39 is 5.97 Å². The number of carboxylic acids is 1. The summed E-state index contributed by atoms with van der Waals surface area (Å²) in [6.45, 7) is 0.449. The molecule has 2 N–H and O–H groups in total. The van der Waals surface area contributed by atoms with E-state index in [1.165, 1.54) is 7.11 Å². The Morgan fingerprint density at radius 1 is 1.18 bits per heavy atom. The molecular weight excluding hydrogens is 282 g/mol. The first-order valence-electron chi connectivity index (χ1n) is 6.79. The molecule has 22 heavy (non-hydrogen) atoms. The van der Waals surface area contributed by atoms with Gasteiger partial charge in [0, 0.05) is 5.39 Å². The SMILES string of the molecule is COc1c(C(=O)O)[nH]c2ccc(OCc3ccccc3)cc12. The van der Waals surface area contributed by atoms with Crippen LogP contribution in [0.2, 0.25) is 0 Å². The number of aromatic carboxylic acids is 1. The molecule has 0 unspecified atom stereocenters. The highest BCUT2D eigenvalue weighted by Crippen LogP contribution is 2.32. The van der Waals surface area contributed by atoms with Gasteiger partial charge in [0.15, 0.2) is 11.4 Å². The number of methoxy groups -OCH3 is 1. The first-order valence-corrected chi connectivity index (χ1v) is 6.79. The number of carboxylic acid groups (broad SMARTS) is 1. The summed E-state index contributed by atoms with van der Waals surface area (Å²) in [6, 6.07) is 15.2. The van der Waals surface area contributed by atoms with E-state index >= 15 is 0 Å². The molecule has 0 fully saturated rings. The second-order valence-corrected chi connectivity index (χ2v) is 4.82. The number of aromatic nitrogens is 1. The van der Waals surface area contributed by atoms with Gasteiger partial charge in [-0.25, -0.2) is 4.79 Å². The van der Waals surface area contributed by atoms with Crippen molar-refractivity contribution in [3.8, 4) is 11.5 Å². The quantitative estimate of drug-likeness (QED) is 0.756. The Kier molecular flexibility index (Phi) is 3.70. The van der Waals surface area contributed by atoms with E-state index in [2.05, 4.69) is 4.98 Å². The maximum Gasteiger partial charge on any atom is 0.356 e. The largest absolute Gasteiger partial charge is 0.494 e. The number of benzene rings is 2. The molecule has 0 aliphatic carbocycles. The van der Waals surface area contributed by atoms with Crippen LogP contribution in [0.3, 0.4) is 0 Å². The van der Waals surface area contributed by atoms with Crippen molar-refractivity contribution in [1.29, 1.82) is 0 Å². The summed E-state index contributed by atoms with van der Waals surface area (Å²) in [6.07, 6.45) is 0. The van der Waals surface area contributed by atoms with Crippen molar-refractivity contribution in [3.05, 3.63) is 59.8 Å². The lowest BCUT2D eigenvalue weighted by molar-refractivity contribution is 0.0688. The smallest absolute Gasteiger partial charge is 0.356 e. The number of H-pyrrole nitrogens is 1. The molecule has 1 aromatic heterocycles. The van der Waals surface area contributed by atoms with Gasteiger partial charge in [-0.15, -0.1) is 0 Å². The van der Waals surface area contributed by atoms with Gasteiger partial charge in [0.05, 0.1) is 12.6 Å². The van der Waals surface area contributed by atoms with E-state index in [1.807, 2.05) is 30.3 Å². The standard InChI is InChI=1S/C17H15NO4/c1-21-16-13-9-12(22-10-11-5-3-2-4-6-11)7-8-14(13)18-15(16)17(19)20/h2-9,18H,10H2,1H3,(H,19,20). The van der Waals surface area contributed by atoms with Gasteiger partial charge in [0.2, 0.25) is 0 Å². The lowest BCUT2D eigenvalue weighted by atomic mass is 10.2. The Bertz CT molecular complexity index is 808. The lowest BCUT2D eigenvalue weighted by Crippen LogP contribution is -1.99. The molecule has 0 saturated heterocycles. The van der Waals surface area contributed by atoms with Crippen LogP contribution in [0.25, 0.3) is 10.9 Å². The molecular formula is C17H15NO4. The van der Waals surface area contributed by atoms with Gasteiger partial charge in [-0.05, 0) is 23.8 Å². The Balaban J connectivity index is 1.90. The van der Waals surface area contributed by atoms with Gasteiger partial charge in [0.1, 0.15) is 12.4 Å². The second kappa shape index (κ2) is 5.81. The summed E-state index contributed by atoms with van der Waals surface area (Å²) >= 11 is 0. The lowest BCUT2D eigenvalue weighted by Gasteiger charge is -2.06. The Labute approximate surface area is 127 Å². The van der Waals surface area contributed by atoms with Crippen molar-refractivity contribution in [1.82, 2.24) is 4.98 Å². The second-order valence-electron chi connectivity index (χ2n) is 4.82. The molecule has 0 spiro atoms. The minimum absolute atomic E-state index is 0.0395. The molecule has 3 rings (SSSR count). The van der Waals surface area contributed by atoms with Gasteiger partial charge in [-0.2, -0.15) is 0 Å². The van der Waals surface area contributed by atoms with Crippen LogP contribution in [-0.4, -0.2) is 23.2 Å². The number of rotatable bonds is 5. The fourth-order valence-electron chi connectivity index (χ4n) is 2.34. The number of hydrogen-bond donors (Lipinski definition) is 2. The highest BCUT2D eigenvalue weighted by atomic mass is 16.5. The molecule has 3 aromatic rings. The van der Waals surface area contributed by atoms with Crippen molar-refractivity contribution in [2.45, 2.75) is 6.61 Å². The van der Waals surface area contributed by atoms with Crippen molar-refractivity contribution in [3.63, 3.8) is 0 Å². The Hall–Kier alpha value is -2.95. The maximum atomic E-state index is 11.2. The third-order valence-corrected chi connectivity index (χ3v) is 3.39. The molecule has 5 nitrogen and oxygen atoms in total. The number of nitrogens with one attached hydrogen (secondary N) is 1. The van der Waals surface area contributed by atoms with Gasteiger partial charge >= 0.3 is 5.97 Å². The van der Waals surface area contributed by atoms with Gasteiger partial charge in [-0.3, -0.25) is 0 Å². The number of carbonyl (C=O) groups is 1. The van der Waals surface area contributed by atoms with Crippen LogP contribution >= 0.6 is 0 Å². The topological polar surface area (TPSA) is 71.5 Å². The number of fused-ring (bicyclic) bond motifs is 1. The third-order valence-electron chi connectivity index (χ3n) is 3.39. The van der Waals surface area contributed by atoms with Crippen LogP contribution in [0.5, 0.6) is 11.5 Å². The normalized spacial score (nSPS) is 10.6. The maximum absolute atomic E-state index is 11.2. The highest BCUT2D eigenvalue weighted by molar-refractivity contribution is 6.00. The summed E-state index contributed by atoms with van der Waals surface area (Å²) in [5, 5.41) is 9.86. The summed E-state index contributed by atoms with van der Waals surface area (Å²) in [5.74, 6) is -0.0851. The summed E-state index contributed by atoms with van der Waals surface area (Å²) in [5.41, 5.74) is 1.80. The number of aromatic amines is 1. The van der Waals surface area contributed by atoms with E-state index in [9.17, 15) is 9.90 Å². The van der Waals surface area contributed by atoms with Crippen molar-refractivity contribution in [2.75, 3.05) is 7.11 Å². The van der Waals surface area contributed by atoms with Gasteiger partial charge in [0.25, 0.3) is 0 Å². The van der Waals surface area contributed by atoms with Crippen molar-refractivity contribution < 1.29 is 19.4 Å². The molecule has 0 amide bonds. The Morgan fingerprint density at radius 2 is 1.95 bits per heavy atom. The summed E-state index contributed by atoms with van der Waals surface area (Å²) in [4.78, 5) is 14.0. The fourth-order valence-corrected chi connectivity index (χ4v) is 2.34. The predicted molar refractivity (Wildman–Crippen MR) is 82.6 cm³/mol. The molecule has 0 radical (unpaired) electrons. The zero-order valence-electron chi connectivity index (χ0n) is 12.0. The van der Waals surface area contributed by atoms with Crippen LogP contribution in [0.15, 0.2) is 48.5 Å². The van der Waals surface area contributed by atoms with E-state index in [-0.39, 0.29) is 5.69 Å². The van der Waals surface area contributed by atoms with Crippen LogP contribution in [-0.2, 0) is 6.61 Å². The molecule has 0 aliphatic heterocycles. The first kappa shape index (κ1) is 14.0. The van der Waals surface area contributed by atoms with Gasteiger partial charge in [-0.1, -0.05) is 30.3 Å². The molecule has 2 aromatic carbocycles.